The van der Waals surface area contributed by atoms with Crippen LogP contribution in [-0.2, 0) is 12.0 Å². The van der Waals surface area contributed by atoms with E-state index < -0.39 is 5.60 Å². The van der Waals surface area contributed by atoms with Crippen LogP contribution in [0.15, 0.2) is 15.6 Å². The molecule has 0 amide bonds. The normalized spacial score (nSPS) is 21.5. The molecule has 1 fully saturated rings. The van der Waals surface area contributed by atoms with Gasteiger partial charge in [-0.3, -0.25) is 0 Å². The van der Waals surface area contributed by atoms with Crippen molar-refractivity contribution in [3.8, 4) is 0 Å². The van der Waals surface area contributed by atoms with Crippen LogP contribution in [-0.4, -0.2) is 46.2 Å². The van der Waals surface area contributed by atoms with Crippen molar-refractivity contribution in [1.82, 2.24) is 15.6 Å². The van der Waals surface area contributed by atoms with E-state index in [0.717, 1.165) is 30.2 Å². The third-order valence-electron chi connectivity index (χ3n) is 3.68. The molecule has 6 nitrogen and oxygen atoms in total. The Hall–Kier alpha value is -0.480. The number of thioether (sulfide) groups is 1. The number of aromatic nitrogens is 1. The SMILES string of the molecule is CCNC(=NCc1ncc(C(C)(C)C)o1)NCC1(O)CCSC1.I. The average molecular weight is 468 g/mol. The number of guanidine groups is 1. The van der Waals surface area contributed by atoms with E-state index in [2.05, 4.69) is 41.4 Å². The fraction of sp³-hybridized carbons (Fsp3) is 0.750. The molecule has 138 valence electrons. The maximum Gasteiger partial charge on any atom is 0.216 e. The number of aliphatic hydroxyl groups is 1. The molecule has 0 bridgehead atoms. The van der Waals surface area contributed by atoms with Gasteiger partial charge in [-0.25, -0.2) is 9.98 Å². The largest absolute Gasteiger partial charge is 0.443 e. The molecule has 1 atom stereocenters. The van der Waals surface area contributed by atoms with E-state index in [4.69, 9.17) is 4.42 Å². The van der Waals surface area contributed by atoms with Crippen LogP contribution in [0, 0.1) is 0 Å². The van der Waals surface area contributed by atoms with Crippen LogP contribution in [0.5, 0.6) is 0 Å². The number of oxazole rings is 1. The Morgan fingerprint density at radius 2 is 2.21 bits per heavy atom. The minimum absolute atomic E-state index is 0. The zero-order chi connectivity index (χ0) is 16.9. The molecule has 24 heavy (non-hydrogen) atoms. The molecule has 1 aromatic heterocycles. The molecule has 2 rings (SSSR count). The number of halogens is 1. The van der Waals surface area contributed by atoms with Gasteiger partial charge in [-0.2, -0.15) is 11.8 Å². The van der Waals surface area contributed by atoms with E-state index in [1.54, 1.807) is 18.0 Å². The second kappa shape index (κ2) is 9.28. The van der Waals surface area contributed by atoms with Crippen LogP contribution in [0.25, 0.3) is 0 Å². The van der Waals surface area contributed by atoms with E-state index >= 15 is 0 Å². The molecule has 1 unspecified atom stereocenters. The van der Waals surface area contributed by atoms with Crippen LogP contribution >= 0.6 is 35.7 Å². The Morgan fingerprint density at radius 3 is 2.75 bits per heavy atom. The van der Waals surface area contributed by atoms with E-state index in [1.165, 1.54) is 0 Å². The zero-order valence-corrected chi connectivity index (χ0v) is 18.0. The van der Waals surface area contributed by atoms with Crippen molar-refractivity contribution >= 4 is 41.7 Å². The van der Waals surface area contributed by atoms with Crippen LogP contribution < -0.4 is 10.6 Å². The maximum atomic E-state index is 10.4. The van der Waals surface area contributed by atoms with Gasteiger partial charge in [0.05, 0.1) is 11.8 Å². The Kier molecular flexibility index (Phi) is 8.34. The highest BCUT2D eigenvalue weighted by Crippen LogP contribution is 2.27. The smallest absolute Gasteiger partial charge is 0.216 e. The molecule has 1 saturated heterocycles. The Bertz CT molecular complexity index is 536. The molecule has 0 aromatic carbocycles. The first-order chi connectivity index (χ1) is 10.8. The lowest BCUT2D eigenvalue weighted by molar-refractivity contribution is 0.0724. The molecule has 3 N–H and O–H groups in total. The summed E-state index contributed by atoms with van der Waals surface area (Å²) >= 11 is 1.79. The van der Waals surface area contributed by atoms with Gasteiger partial charge in [0, 0.05) is 24.3 Å². The highest BCUT2D eigenvalue weighted by atomic mass is 127. The molecule has 0 spiro atoms. The summed E-state index contributed by atoms with van der Waals surface area (Å²) in [6.07, 6.45) is 2.59. The van der Waals surface area contributed by atoms with E-state index in [9.17, 15) is 5.11 Å². The van der Waals surface area contributed by atoms with Gasteiger partial charge in [0.25, 0.3) is 0 Å². The molecule has 1 aromatic rings. The summed E-state index contributed by atoms with van der Waals surface area (Å²) in [5.41, 5.74) is -0.690. The minimum atomic E-state index is -0.636. The molecule has 1 aliphatic rings. The Labute approximate surface area is 165 Å². The van der Waals surface area contributed by atoms with E-state index in [1.807, 2.05) is 6.92 Å². The van der Waals surface area contributed by atoms with Gasteiger partial charge in [0.15, 0.2) is 5.96 Å². The summed E-state index contributed by atoms with van der Waals surface area (Å²) in [6.45, 7) is 9.92. The first-order valence-corrected chi connectivity index (χ1v) is 9.25. The highest BCUT2D eigenvalue weighted by Gasteiger charge is 2.31. The van der Waals surface area contributed by atoms with Crippen LogP contribution in [0.3, 0.4) is 0 Å². The first-order valence-electron chi connectivity index (χ1n) is 8.10. The van der Waals surface area contributed by atoms with Gasteiger partial charge in [-0.1, -0.05) is 20.8 Å². The topological polar surface area (TPSA) is 82.7 Å². The number of hydrogen-bond acceptors (Lipinski definition) is 5. The molecular formula is C16H29IN4O2S. The number of nitrogens with one attached hydrogen (secondary N) is 2. The van der Waals surface area contributed by atoms with Gasteiger partial charge in [-0.15, -0.1) is 24.0 Å². The minimum Gasteiger partial charge on any atom is -0.443 e. The number of nitrogens with zero attached hydrogens (tertiary/aromatic N) is 2. The predicted octanol–water partition coefficient (Wildman–Crippen LogP) is 2.51. The van der Waals surface area contributed by atoms with Crippen molar-refractivity contribution in [3.05, 3.63) is 17.8 Å². The van der Waals surface area contributed by atoms with E-state index in [-0.39, 0.29) is 29.4 Å². The third kappa shape index (κ3) is 6.44. The number of rotatable bonds is 5. The van der Waals surface area contributed by atoms with Gasteiger partial charge in [-0.05, 0) is 19.1 Å². The fourth-order valence-corrected chi connectivity index (χ4v) is 3.50. The summed E-state index contributed by atoms with van der Waals surface area (Å²) in [7, 11) is 0. The van der Waals surface area contributed by atoms with Crippen molar-refractivity contribution in [2.24, 2.45) is 4.99 Å². The molecule has 0 radical (unpaired) electrons. The van der Waals surface area contributed by atoms with Crippen LogP contribution in [0.1, 0.15) is 45.8 Å². The number of hydrogen-bond donors (Lipinski definition) is 3. The average Bonchev–Trinajstić information content (AvgIpc) is 3.11. The van der Waals surface area contributed by atoms with Crippen molar-refractivity contribution in [2.75, 3.05) is 24.6 Å². The Balaban J connectivity index is 0.00000288. The quantitative estimate of drug-likeness (QED) is 0.350. The summed E-state index contributed by atoms with van der Waals surface area (Å²) in [5.74, 6) is 3.92. The predicted molar refractivity (Wildman–Crippen MR) is 110 cm³/mol. The van der Waals surface area contributed by atoms with Crippen molar-refractivity contribution < 1.29 is 9.52 Å². The zero-order valence-electron chi connectivity index (χ0n) is 14.9. The third-order valence-corrected chi connectivity index (χ3v) is 4.91. The molecule has 1 aliphatic heterocycles. The second-order valence-electron chi connectivity index (χ2n) is 6.94. The molecule has 0 aliphatic carbocycles. The van der Waals surface area contributed by atoms with Crippen molar-refractivity contribution in [1.29, 1.82) is 0 Å². The van der Waals surface area contributed by atoms with Crippen molar-refractivity contribution in [2.45, 2.75) is 51.7 Å². The molecule has 8 heteroatoms. The highest BCUT2D eigenvalue weighted by molar-refractivity contribution is 14.0. The molecule has 0 saturated carbocycles. The van der Waals surface area contributed by atoms with Crippen molar-refractivity contribution in [3.63, 3.8) is 0 Å². The summed E-state index contributed by atoms with van der Waals surface area (Å²) in [4.78, 5) is 8.78. The summed E-state index contributed by atoms with van der Waals surface area (Å²) < 4.78 is 5.75. The molecule has 2 heterocycles. The van der Waals surface area contributed by atoms with Gasteiger partial charge < -0.3 is 20.2 Å². The molecular weight excluding hydrogens is 439 g/mol. The van der Waals surface area contributed by atoms with E-state index in [0.29, 0.717) is 24.9 Å². The Morgan fingerprint density at radius 1 is 1.46 bits per heavy atom. The van der Waals surface area contributed by atoms with Gasteiger partial charge >= 0.3 is 0 Å². The summed E-state index contributed by atoms with van der Waals surface area (Å²) in [5, 5.41) is 16.8. The number of aliphatic imine (C=N–C) groups is 1. The summed E-state index contributed by atoms with van der Waals surface area (Å²) in [6, 6.07) is 0. The maximum absolute atomic E-state index is 10.4. The lowest BCUT2D eigenvalue weighted by Gasteiger charge is -2.23. The fourth-order valence-electron chi connectivity index (χ4n) is 2.20. The second-order valence-corrected chi connectivity index (χ2v) is 8.05. The lowest BCUT2D eigenvalue weighted by atomic mass is 9.94. The monoisotopic (exact) mass is 468 g/mol. The van der Waals surface area contributed by atoms with Gasteiger partial charge in [0.1, 0.15) is 12.3 Å². The van der Waals surface area contributed by atoms with Crippen LogP contribution in [0.4, 0.5) is 0 Å². The standard InChI is InChI=1S/C16H28N4O2S.HI/c1-5-17-14(20-10-16(21)6-7-23-11-16)19-9-13-18-8-12(22-13)15(2,3)4;/h8,21H,5-7,9-11H2,1-4H3,(H2,17,19,20);1H. The van der Waals surface area contributed by atoms with Gasteiger partial charge in [0.2, 0.25) is 5.89 Å². The first kappa shape index (κ1) is 21.6. The lowest BCUT2D eigenvalue weighted by Crippen LogP contribution is -2.47. The van der Waals surface area contributed by atoms with Crippen LogP contribution in [0.2, 0.25) is 0 Å².